The monoisotopic (exact) mass is 715 g/mol. The van der Waals surface area contributed by atoms with Gasteiger partial charge in [-0.3, -0.25) is 13.9 Å². The number of nitrogens with one attached hydrogen (secondary N) is 1. The van der Waals surface area contributed by atoms with Crippen LogP contribution in [0.1, 0.15) is 53.5 Å². The van der Waals surface area contributed by atoms with E-state index in [1.54, 1.807) is 41.3 Å². The fourth-order valence-corrected chi connectivity index (χ4v) is 8.06. The van der Waals surface area contributed by atoms with Crippen molar-refractivity contribution < 1.29 is 18.0 Å². The molecular weight excluding hydrogens is 674 g/mol. The summed E-state index contributed by atoms with van der Waals surface area (Å²) >= 11 is 3.54. The average Bonchev–Trinajstić information content (AvgIpc) is 3.54. The van der Waals surface area contributed by atoms with Gasteiger partial charge in [-0.15, -0.1) is 0 Å². The van der Waals surface area contributed by atoms with Crippen molar-refractivity contribution in [3.05, 3.63) is 129 Å². The fourth-order valence-electron chi connectivity index (χ4n) is 6.21. The Bertz CT molecular complexity index is 1790. The molecule has 0 heterocycles. The van der Waals surface area contributed by atoms with Crippen LogP contribution in [0.25, 0.3) is 0 Å². The number of sulfonamides is 1. The van der Waals surface area contributed by atoms with Gasteiger partial charge in [0.05, 0.1) is 10.6 Å². The summed E-state index contributed by atoms with van der Waals surface area (Å²) in [5, 5.41) is 3.22. The quantitative estimate of drug-likeness (QED) is 0.167. The summed E-state index contributed by atoms with van der Waals surface area (Å²) in [7, 11) is -4.16. The molecule has 0 spiro atoms. The minimum Gasteiger partial charge on any atom is -0.352 e. The predicted octanol–water partition coefficient (Wildman–Crippen LogP) is 7.27. The van der Waals surface area contributed by atoms with Gasteiger partial charge in [-0.1, -0.05) is 95.0 Å². The smallest absolute Gasteiger partial charge is 0.264 e. The maximum Gasteiger partial charge on any atom is 0.264 e. The van der Waals surface area contributed by atoms with Crippen molar-refractivity contribution in [3.63, 3.8) is 0 Å². The van der Waals surface area contributed by atoms with Crippen molar-refractivity contribution in [2.24, 2.45) is 0 Å². The zero-order valence-electron chi connectivity index (χ0n) is 27.2. The molecule has 1 saturated carbocycles. The summed E-state index contributed by atoms with van der Waals surface area (Å²) in [6.45, 7) is 5.34. The summed E-state index contributed by atoms with van der Waals surface area (Å²) in [5.41, 5.74) is 4.80. The summed E-state index contributed by atoms with van der Waals surface area (Å²) in [6, 6.07) is 28.6. The molecule has 4 aromatic carbocycles. The van der Waals surface area contributed by atoms with E-state index in [0.29, 0.717) is 5.69 Å². The highest BCUT2D eigenvalue weighted by Crippen LogP contribution is 2.28. The van der Waals surface area contributed by atoms with Gasteiger partial charge >= 0.3 is 0 Å². The zero-order valence-corrected chi connectivity index (χ0v) is 29.6. The highest BCUT2D eigenvalue weighted by atomic mass is 79.9. The highest BCUT2D eigenvalue weighted by molar-refractivity contribution is 9.10. The molecule has 0 radical (unpaired) electrons. The Morgan fingerprint density at radius 1 is 0.809 bits per heavy atom. The third kappa shape index (κ3) is 8.90. The highest BCUT2D eigenvalue weighted by Gasteiger charge is 2.35. The van der Waals surface area contributed by atoms with Crippen molar-refractivity contribution in [2.75, 3.05) is 10.8 Å². The number of carbonyl (C=O) groups is 2. The van der Waals surface area contributed by atoms with Crippen LogP contribution in [0.15, 0.2) is 106 Å². The molecule has 1 aliphatic rings. The lowest BCUT2D eigenvalue weighted by atomic mass is 10.0. The minimum absolute atomic E-state index is 0.0530. The Labute approximate surface area is 287 Å². The maximum absolute atomic E-state index is 14.7. The van der Waals surface area contributed by atoms with Crippen molar-refractivity contribution in [3.8, 4) is 0 Å². The van der Waals surface area contributed by atoms with Crippen LogP contribution in [0.2, 0.25) is 0 Å². The molecule has 9 heteroatoms. The van der Waals surface area contributed by atoms with Gasteiger partial charge in [0, 0.05) is 23.5 Å². The number of hydrogen-bond acceptors (Lipinski definition) is 4. The number of rotatable bonds is 12. The van der Waals surface area contributed by atoms with Crippen LogP contribution in [0.5, 0.6) is 0 Å². The van der Waals surface area contributed by atoms with Gasteiger partial charge in [-0.05, 0) is 92.3 Å². The van der Waals surface area contributed by atoms with E-state index in [-0.39, 0.29) is 29.8 Å². The molecule has 2 amide bonds. The molecule has 0 aliphatic heterocycles. The van der Waals surface area contributed by atoms with Crippen LogP contribution < -0.4 is 9.62 Å². The number of benzene rings is 4. The first-order chi connectivity index (χ1) is 22.5. The first-order valence-corrected chi connectivity index (χ1v) is 18.3. The van der Waals surface area contributed by atoms with Crippen LogP contribution in [-0.2, 0) is 32.6 Å². The molecule has 246 valence electrons. The zero-order chi connectivity index (χ0) is 33.6. The molecule has 1 N–H and O–H groups in total. The molecular formula is C38H42BrN3O4S. The van der Waals surface area contributed by atoms with Crippen LogP contribution in [0.4, 0.5) is 5.69 Å². The molecule has 1 aliphatic carbocycles. The van der Waals surface area contributed by atoms with Gasteiger partial charge in [0.15, 0.2) is 0 Å². The number of hydrogen-bond donors (Lipinski definition) is 1. The fraction of sp³-hybridized carbons (Fsp3) is 0.316. The average molecular weight is 717 g/mol. The van der Waals surface area contributed by atoms with E-state index in [2.05, 4.69) is 21.2 Å². The second-order valence-corrected chi connectivity index (χ2v) is 15.3. The van der Waals surface area contributed by atoms with Gasteiger partial charge in [-0.25, -0.2) is 8.42 Å². The second-order valence-electron chi connectivity index (χ2n) is 12.5. The van der Waals surface area contributed by atoms with Crippen molar-refractivity contribution in [1.29, 1.82) is 0 Å². The van der Waals surface area contributed by atoms with Gasteiger partial charge < -0.3 is 10.2 Å². The lowest BCUT2D eigenvalue weighted by Gasteiger charge is -2.34. The Hall–Kier alpha value is -3.95. The third-order valence-electron chi connectivity index (χ3n) is 8.60. The molecule has 1 fully saturated rings. The van der Waals surface area contributed by atoms with Crippen molar-refractivity contribution in [2.45, 2.75) is 76.4 Å². The van der Waals surface area contributed by atoms with Crippen LogP contribution in [0.3, 0.4) is 0 Å². The standard InChI is InChI=1S/C38H42BrN3O4S/c1-27-16-18-35(19-17-27)47(45,46)42(34-21-28(2)20-29(3)22-34)26-37(43)41(25-31-12-9-13-32(39)23-31)36(24-30-10-5-4-6-11-30)38(44)40-33-14-7-8-15-33/h4-6,9-13,16-23,33,36H,7-8,14-15,24-26H2,1-3H3,(H,40,44)/t36-/m1/s1. The van der Waals surface area contributed by atoms with E-state index >= 15 is 0 Å². The molecule has 0 bridgehead atoms. The second kappa shape index (κ2) is 15.3. The summed E-state index contributed by atoms with van der Waals surface area (Å²) in [5.74, 6) is -0.703. The van der Waals surface area contributed by atoms with Crippen LogP contribution >= 0.6 is 15.9 Å². The van der Waals surface area contributed by atoms with Gasteiger partial charge in [0.2, 0.25) is 11.8 Å². The number of nitrogens with zero attached hydrogens (tertiary/aromatic N) is 2. The topological polar surface area (TPSA) is 86.8 Å². The molecule has 0 saturated heterocycles. The van der Waals surface area contributed by atoms with E-state index < -0.39 is 28.5 Å². The minimum atomic E-state index is -4.16. The van der Waals surface area contributed by atoms with Crippen molar-refractivity contribution in [1.82, 2.24) is 10.2 Å². The molecule has 1 atom stereocenters. The maximum atomic E-state index is 14.7. The molecule has 4 aromatic rings. The summed E-state index contributed by atoms with van der Waals surface area (Å²) < 4.78 is 30.7. The summed E-state index contributed by atoms with van der Waals surface area (Å²) in [6.07, 6.45) is 4.19. The Morgan fingerprint density at radius 3 is 2.09 bits per heavy atom. The van der Waals surface area contributed by atoms with Gasteiger partial charge in [-0.2, -0.15) is 0 Å². The largest absolute Gasteiger partial charge is 0.352 e. The molecule has 5 rings (SSSR count). The number of anilines is 1. The molecule has 47 heavy (non-hydrogen) atoms. The summed E-state index contributed by atoms with van der Waals surface area (Å²) in [4.78, 5) is 30.5. The Kier molecular flexibility index (Phi) is 11.2. The van der Waals surface area contributed by atoms with E-state index in [1.165, 1.54) is 4.31 Å². The van der Waals surface area contributed by atoms with E-state index in [1.807, 2.05) is 81.4 Å². The molecule has 0 aromatic heterocycles. The first-order valence-electron chi connectivity index (χ1n) is 16.1. The Balaban J connectivity index is 1.58. The van der Waals surface area contributed by atoms with Crippen LogP contribution in [0, 0.1) is 20.8 Å². The van der Waals surface area contributed by atoms with Gasteiger partial charge in [0.25, 0.3) is 10.0 Å². The predicted molar refractivity (Wildman–Crippen MR) is 191 cm³/mol. The lowest BCUT2D eigenvalue weighted by Crippen LogP contribution is -2.54. The van der Waals surface area contributed by atoms with E-state index in [0.717, 1.165) is 58.0 Å². The molecule has 7 nitrogen and oxygen atoms in total. The van der Waals surface area contributed by atoms with Crippen molar-refractivity contribution >= 4 is 43.5 Å². The number of aryl methyl sites for hydroxylation is 3. The SMILES string of the molecule is Cc1ccc(S(=O)(=O)N(CC(=O)N(Cc2cccc(Br)c2)[C@H](Cc2ccccc2)C(=O)NC2CCCC2)c2cc(C)cc(C)c2)cc1. The number of halogens is 1. The molecule has 0 unspecified atom stereocenters. The van der Waals surface area contributed by atoms with Gasteiger partial charge in [0.1, 0.15) is 12.6 Å². The number of amides is 2. The first kappa shape index (κ1) is 34.4. The lowest BCUT2D eigenvalue weighted by molar-refractivity contribution is -0.140. The normalized spacial score (nSPS) is 14.0. The van der Waals surface area contributed by atoms with E-state index in [9.17, 15) is 18.0 Å². The Morgan fingerprint density at radius 2 is 1.45 bits per heavy atom. The number of carbonyl (C=O) groups excluding carboxylic acids is 2. The van der Waals surface area contributed by atoms with Crippen LogP contribution in [-0.4, -0.2) is 43.8 Å². The third-order valence-corrected chi connectivity index (χ3v) is 10.9. The van der Waals surface area contributed by atoms with E-state index in [4.69, 9.17) is 0 Å².